The third-order valence-electron chi connectivity index (χ3n) is 10.2. The number of hydrogen-bond donors (Lipinski definition) is 1. The van der Waals surface area contributed by atoms with E-state index < -0.39 is 0 Å². The molecule has 0 bridgehead atoms. The third kappa shape index (κ3) is 5.42. The number of pyridine rings is 2. The second-order valence-corrected chi connectivity index (χ2v) is 13.6. The molecule has 250 valence electrons. The Kier molecular flexibility index (Phi) is 8.08. The van der Waals surface area contributed by atoms with Crippen molar-refractivity contribution >= 4 is 5.65 Å². The molecule has 9 rings (SSSR count). The predicted octanol–water partition coefficient (Wildman–Crippen LogP) is 11.2. The number of rotatable bonds is 5. The van der Waals surface area contributed by atoms with Gasteiger partial charge in [-0.1, -0.05) is 110 Å². The molecule has 1 aliphatic carbocycles. The Hall–Kier alpha value is -5.57. The van der Waals surface area contributed by atoms with Gasteiger partial charge in [0.2, 0.25) is 0 Å². The average molecular weight is 840 g/mol. The number of phenolic OH excluding ortho intramolecular Hbond substituents is 1. The number of aromatic nitrogens is 3. The van der Waals surface area contributed by atoms with Gasteiger partial charge in [0.05, 0.1) is 5.69 Å². The van der Waals surface area contributed by atoms with Gasteiger partial charge in [-0.2, -0.15) is 0 Å². The smallest absolute Gasteiger partial charge is 0.129 e. The molecule has 0 fully saturated rings. The number of imidazole rings is 1. The molecule has 0 spiro atoms. The number of aryl methyl sites for hydroxylation is 1. The first-order valence-electron chi connectivity index (χ1n) is 17.0. The van der Waals surface area contributed by atoms with E-state index in [0.717, 1.165) is 50.5 Å². The molecule has 0 saturated carbocycles. The minimum absolute atomic E-state index is 0. The van der Waals surface area contributed by atoms with E-state index in [4.69, 9.17) is 9.97 Å². The van der Waals surface area contributed by atoms with Crippen molar-refractivity contribution in [2.24, 2.45) is 0 Å². The predicted molar refractivity (Wildman–Crippen MR) is 203 cm³/mol. The van der Waals surface area contributed by atoms with Crippen LogP contribution in [-0.2, 0) is 26.5 Å². The maximum Gasteiger partial charge on any atom is 0.129 e. The SMILES string of the molecule is Cc1ccccc1-c1cc(-c2[c-]c(-c3nc4ccccn4c3-c3ccc4c(c3)C(C)(C)c3ccccc3-4)ccc2)nc(-c2ccccc2O)c1.[Pt]. The molecule has 0 atom stereocenters. The Morgan fingerprint density at radius 3 is 2.10 bits per heavy atom. The minimum Gasteiger partial charge on any atom is -0.507 e. The van der Waals surface area contributed by atoms with Crippen LogP contribution in [-0.4, -0.2) is 19.5 Å². The van der Waals surface area contributed by atoms with E-state index in [2.05, 4.69) is 141 Å². The molecular weight excluding hydrogens is 806 g/mol. The molecule has 51 heavy (non-hydrogen) atoms. The van der Waals surface area contributed by atoms with Gasteiger partial charge in [0, 0.05) is 55.3 Å². The molecule has 0 aliphatic heterocycles. The standard InChI is InChI=1S/C46H34N3O.Pt/c1-29-13-4-5-16-34(29)33-27-40(47-41(28-33)37-18-7-9-20-42(37)50)30-14-12-15-31(25-30)44-45(49-24-11-10-21-43(49)48-44)32-22-23-36-35-17-6-8-19-38(35)46(2,3)39(36)26-32;/h4-24,26-28,50H,1-3H3;/q-1;. The minimum atomic E-state index is -0.118. The Bertz CT molecular complexity index is 2550. The van der Waals surface area contributed by atoms with E-state index in [9.17, 15) is 5.11 Å². The summed E-state index contributed by atoms with van der Waals surface area (Å²) in [6, 6.07) is 51.5. The largest absolute Gasteiger partial charge is 0.507 e. The van der Waals surface area contributed by atoms with E-state index in [1.807, 2.05) is 30.3 Å². The zero-order valence-corrected chi connectivity index (χ0v) is 30.7. The molecule has 3 heterocycles. The van der Waals surface area contributed by atoms with Gasteiger partial charge in [0.25, 0.3) is 0 Å². The first-order valence-corrected chi connectivity index (χ1v) is 17.0. The van der Waals surface area contributed by atoms with Crippen molar-refractivity contribution in [1.82, 2.24) is 14.4 Å². The van der Waals surface area contributed by atoms with Crippen LogP contribution in [0.4, 0.5) is 0 Å². The summed E-state index contributed by atoms with van der Waals surface area (Å²) in [7, 11) is 0. The summed E-state index contributed by atoms with van der Waals surface area (Å²) in [5.41, 5.74) is 16.2. The van der Waals surface area contributed by atoms with Crippen LogP contribution in [0.15, 0.2) is 146 Å². The van der Waals surface area contributed by atoms with Crippen molar-refractivity contribution in [1.29, 1.82) is 0 Å². The van der Waals surface area contributed by atoms with Gasteiger partial charge in [-0.25, -0.2) is 0 Å². The van der Waals surface area contributed by atoms with E-state index in [-0.39, 0.29) is 32.2 Å². The summed E-state index contributed by atoms with van der Waals surface area (Å²) in [6.07, 6.45) is 2.09. The monoisotopic (exact) mass is 839 g/mol. The molecule has 1 aliphatic rings. The number of fused-ring (bicyclic) bond motifs is 4. The molecular formula is C46H34N3OPt-. The summed E-state index contributed by atoms with van der Waals surface area (Å²) in [6.45, 7) is 6.75. The first kappa shape index (κ1) is 32.6. The molecule has 5 aromatic carbocycles. The van der Waals surface area contributed by atoms with Crippen LogP contribution in [0.5, 0.6) is 5.75 Å². The van der Waals surface area contributed by atoms with Crippen LogP contribution in [0.3, 0.4) is 0 Å². The molecule has 3 aromatic heterocycles. The van der Waals surface area contributed by atoms with Crippen molar-refractivity contribution < 1.29 is 26.2 Å². The Morgan fingerprint density at radius 1 is 0.588 bits per heavy atom. The van der Waals surface area contributed by atoms with Crippen LogP contribution >= 0.6 is 0 Å². The number of benzene rings is 5. The summed E-state index contributed by atoms with van der Waals surface area (Å²) >= 11 is 0. The zero-order chi connectivity index (χ0) is 34.0. The van der Waals surface area contributed by atoms with Gasteiger partial charge in [-0.15, -0.1) is 24.3 Å². The second-order valence-electron chi connectivity index (χ2n) is 13.6. The number of para-hydroxylation sites is 1. The molecule has 1 N–H and O–H groups in total. The Morgan fingerprint density at radius 2 is 1.27 bits per heavy atom. The second kappa shape index (κ2) is 12.6. The zero-order valence-electron chi connectivity index (χ0n) is 28.5. The maximum atomic E-state index is 10.8. The molecule has 0 saturated heterocycles. The van der Waals surface area contributed by atoms with Crippen LogP contribution in [0.2, 0.25) is 0 Å². The van der Waals surface area contributed by atoms with E-state index in [0.29, 0.717) is 11.3 Å². The molecule has 5 heteroatoms. The van der Waals surface area contributed by atoms with E-state index in [1.165, 1.54) is 27.8 Å². The number of nitrogens with zero attached hydrogens (tertiary/aromatic N) is 3. The molecule has 0 unspecified atom stereocenters. The van der Waals surface area contributed by atoms with E-state index >= 15 is 0 Å². The number of phenols is 1. The fraction of sp³-hybridized carbons (Fsp3) is 0.0870. The van der Waals surface area contributed by atoms with Gasteiger partial charge < -0.3 is 9.51 Å². The molecule has 0 radical (unpaired) electrons. The van der Waals surface area contributed by atoms with Crippen molar-refractivity contribution in [3.05, 3.63) is 168 Å². The third-order valence-corrected chi connectivity index (χ3v) is 10.2. The molecule has 4 nitrogen and oxygen atoms in total. The first-order chi connectivity index (χ1) is 24.4. The Balaban J connectivity index is 0.00000374. The van der Waals surface area contributed by atoms with Crippen LogP contribution < -0.4 is 0 Å². The molecule has 8 aromatic rings. The topological polar surface area (TPSA) is 50.4 Å². The van der Waals surface area contributed by atoms with Gasteiger partial charge >= 0.3 is 0 Å². The maximum absolute atomic E-state index is 10.8. The van der Waals surface area contributed by atoms with Crippen molar-refractivity contribution in [2.45, 2.75) is 26.2 Å². The van der Waals surface area contributed by atoms with Crippen molar-refractivity contribution in [2.75, 3.05) is 0 Å². The number of hydrogen-bond acceptors (Lipinski definition) is 3. The normalized spacial score (nSPS) is 12.7. The fourth-order valence-corrected chi connectivity index (χ4v) is 7.62. The van der Waals surface area contributed by atoms with Gasteiger partial charge in [-0.3, -0.25) is 9.97 Å². The van der Waals surface area contributed by atoms with Crippen molar-refractivity contribution in [3.8, 4) is 73.0 Å². The quantitative estimate of drug-likeness (QED) is 0.176. The van der Waals surface area contributed by atoms with Crippen LogP contribution in [0.25, 0.3) is 72.9 Å². The van der Waals surface area contributed by atoms with Crippen molar-refractivity contribution in [3.63, 3.8) is 0 Å². The summed E-state index contributed by atoms with van der Waals surface area (Å²) in [5, 5.41) is 10.8. The molecule has 0 amide bonds. The van der Waals surface area contributed by atoms with Crippen LogP contribution in [0, 0.1) is 13.0 Å². The average Bonchev–Trinajstić information content (AvgIpc) is 3.64. The van der Waals surface area contributed by atoms with Gasteiger partial charge in [0.15, 0.2) is 0 Å². The summed E-state index contributed by atoms with van der Waals surface area (Å²) < 4.78 is 2.18. The summed E-state index contributed by atoms with van der Waals surface area (Å²) in [5.74, 6) is 0.195. The Labute approximate surface area is 312 Å². The summed E-state index contributed by atoms with van der Waals surface area (Å²) in [4.78, 5) is 10.3. The van der Waals surface area contributed by atoms with E-state index in [1.54, 1.807) is 6.07 Å². The van der Waals surface area contributed by atoms with Gasteiger partial charge in [-0.05, 0) is 87.8 Å². The van der Waals surface area contributed by atoms with Crippen LogP contribution in [0.1, 0.15) is 30.5 Å². The number of aromatic hydroxyl groups is 1. The van der Waals surface area contributed by atoms with Gasteiger partial charge in [0.1, 0.15) is 11.4 Å². The fourth-order valence-electron chi connectivity index (χ4n) is 7.62.